The van der Waals surface area contributed by atoms with Crippen molar-refractivity contribution in [2.45, 2.75) is 10.6 Å². The molecule has 20 heavy (non-hydrogen) atoms. The normalized spacial score (nSPS) is 11.6. The molecule has 0 unspecified atom stereocenters. The first-order valence-electron chi connectivity index (χ1n) is 5.52. The zero-order chi connectivity index (χ0) is 14.9. The monoisotopic (exact) mass is 301 g/mol. The molecule has 2 rings (SSSR count). The van der Waals surface area contributed by atoms with Crippen molar-refractivity contribution in [3.8, 4) is 0 Å². The van der Waals surface area contributed by atoms with Gasteiger partial charge in [0.1, 0.15) is 5.82 Å². The predicted molar refractivity (Wildman–Crippen MR) is 68.1 cm³/mol. The summed E-state index contributed by atoms with van der Waals surface area (Å²) in [5.41, 5.74) is 5.31. The van der Waals surface area contributed by atoms with Crippen LogP contribution < -0.4 is 5.73 Å². The van der Waals surface area contributed by atoms with Crippen LogP contribution in [-0.4, -0.2) is 8.42 Å². The molecule has 0 aliphatic carbocycles. The van der Waals surface area contributed by atoms with Crippen LogP contribution in [0.4, 0.5) is 18.9 Å². The van der Waals surface area contributed by atoms with Gasteiger partial charge < -0.3 is 5.73 Å². The van der Waals surface area contributed by atoms with E-state index in [2.05, 4.69) is 0 Å². The Hall–Kier alpha value is -2.02. The van der Waals surface area contributed by atoms with E-state index >= 15 is 0 Å². The van der Waals surface area contributed by atoms with E-state index in [1.165, 1.54) is 12.1 Å². The Morgan fingerprint density at radius 2 is 1.65 bits per heavy atom. The zero-order valence-electron chi connectivity index (χ0n) is 10.1. The van der Waals surface area contributed by atoms with Gasteiger partial charge in [-0.1, -0.05) is 6.07 Å². The number of nitrogens with two attached hydrogens (primary N) is 1. The minimum Gasteiger partial charge on any atom is -0.398 e. The van der Waals surface area contributed by atoms with Gasteiger partial charge in [-0.2, -0.15) is 0 Å². The number of rotatable bonds is 3. The Morgan fingerprint density at radius 1 is 0.950 bits per heavy atom. The van der Waals surface area contributed by atoms with Crippen molar-refractivity contribution in [1.29, 1.82) is 0 Å². The molecule has 0 aliphatic rings. The fraction of sp³-hybridized carbons (Fsp3) is 0.0769. The molecule has 0 aliphatic heterocycles. The molecule has 0 saturated carbocycles. The molecule has 0 atom stereocenters. The van der Waals surface area contributed by atoms with E-state index in [0.717, 1.165) is 12.1 Å². The lowest BCUT2D eigenvalue weighted by atomic mass is 10.2. The van der Waals surface area contributed by atoms with Crippen LogP contribution in [0.3, 0.4) is 0 Å². The Kier molecular flexibility index (Phi) is 3.71. The number of hydrogen-bond donors (Lipinski definition) is 1. The molecular weight excluding hydrogens is 291 g/mol. The molecular formula is C13H10F3NO2S. The number of nitrogen functional groups attached to an aromatic ring is 1. The molecule has 106 valence electrons. The van der Waals surface area contributed by atoms with Gasteiger partial charge in [-0.05, 0) is 30.3 Å². The maximum atomic E-state index is 13.6. The van der Waals surface area contributed by atoms with Crippen molar-refractivity contribution in [1.82, 2.24) is 0 Å². The number of sulfone groups is 1. The van der Waals surface area contributed by atoms with E-state index in [0.29, 0.717) is 12.1 Å². The van der Waals surface area contributed by atoms with Gasteiger partial charge in [0.25, 0.3) is 0 Å². The predicted octanol–water partition coefficient (Wildman–Crippen LogP) is 2.66. The van der Waals surface area contributed by atoms with E-state index in [9.17, 15) is 21.6 Å². The maximum absolute atomic E-state index is 13.6. The number of anilines is 1. The van der Waals surface area contributed by atoms with Crippen LogP contribution in [0.1, 0.15) is 5.56 Å². The van der Waals surface area contributed by atoms with Crippen LogP contribution in [0.2, 0.25) is 0 Å². The summed E-state index contributed by atoms with van der Waals surface area (Å²) in [6.07, 6.45) is 0. The number of halogens is 3. The summed E-state index contributed by atoms with van der Waals surface area (Å²) in [5.74, 6) is -3.94. The van der Waals surface area contributed by atoms with Crippen molar-refractivity contribution in [3.05, 3.63) is 59.4 Å². The first-order chi connectivity index (χ1) is 9.31. The molecule has 0 radical (unpaired) electrons. The van der Waals surface area contributed by atoms with Gasteiger partial charge >= 0.3 is 0 Å². The Morgan fingerprint density at radius 3 is 2.25 bits per heavy atom. The molecule has 0 spiro atoms. The van der Waals surface area contributed by atoms with E-state index in [4.69, 9.17) is 5.73 Å². The molecule has 0 fully saturated rings. The molecule has 2 N–H and O–H groups in total. The Balaban J connectivity index is 2.43. The first-order valence-corrected chi connectivity index (χ1v) is 7.17. The lowest BCUT2D eigenvalue weighted by Crippen LogP contribution is -2.09. The topological polar surface area (TPSA) is 60.2 Å². The molecule has 0 heterocycles. The lowest BCUT2D eigenvalue weighted by molar-refractivity contribution is 0.504. The third-order valence-electron chi connectivity index (χ3n) is 2.74. The average Bonchev–Trinajstić information content (AvgIpc) is 2.37. The highest BCUT2D eigenvalue weighted by Gasteiger charge is 2.20. The summed E-state index contributed by atoms with van der Waals surface area (Å²) in [6, 6.07) is 5.96. The SMILES string of the molecule is Nc1cccc(F)c1CS(=O)(=O)c1ccc(F)c(F)c1. The Labute approximate surface area is 113 Å². The lowest BCUT2D eigenvalue weighted by Gasteiger charge is -2.08. The fourth-order valence-electron chi connectivity index (χ4n) is 1.67. The molecule has 2 aromatic carbocycles. The molecule has 0 saturated heterocycles. The molecule has 3 nitrogen and oxygen atoms in total. The average molecular weight is 301 g/mol. The number of hydrogen-bond acceptors (Lipinski definition) is 3. The van der Waals surface area contributed by atoms with Gasteiger partial charge in [0, 0.05) is 11.3 Å². The molecule has 2 aromatic rings. The standard InChI is InChI=1S/C13H10F3NO2S/c14-10-2-1-3-13(17)9(10)7-20(18,19)8-4-5-11(15)12(16)6-8/h1-6H,7,17H2. The van der Waals surface area contributed by atoms with Crippen LogP contribution in [0.25, 0.3) is 0 Å². The van der Waals surface area contributed by atoms with E-state index in [1.807, 2.05) is 0 Å². The third kappa shape index (κ3) is 2.77. The number of benzene rings is 2. The summed E-state index contributed by atoms with van der Waals surface area (Å²) < 4.78 is 63.5. The summed E-state index contributed by atoms with van der Waals surface area (Å²) >= 11 is 0. The van der Waals surface area contributed by atoms with Crippen LogP contribution >= 0.6 is 0 Å². The van der Waals surface area contributed by atoms with E-state index < -0.39 is 37.9 Å². The molecule has 0 amide bonds. The van der Waals surface area contributed by atoms with Crippen LogP contribution in [0.5, 0.6) is 0 Å². The van der Waals surface area contributed by atoms with Crippen molar-refractivity contribution < 1.29 is 21.6 Å². The summed E-state index contributed by atoms with van der Waals surface area (Å²) in [4.78, 5) is -0.431. The fourth-order valence-corrected chi connectivity index (χ4v) is 3.08. The minimum absolute atomic E-state index is 0.0174. The summed E-state index contributed by atoms with van der Waals surface area (Å²) in [6.45, 7) is 0. The maximum Gasteiger partial charge on any atom is 0.182 e. The summed E-state index contributed by atoms with van der Waals surface area (Å²) in [7, 11) is -4.02. The van der Waals surface area contributed by atoms with Crippen molar-refractivity contribution in [2.24, 2.45) is 0 Å². The van der Waals surface area contributed by atoms with Gasteiger partial charge in [0.2, 0.25) is 0 Å². The van der Waals surface area contributed by atoms with Crippen LogP contribution in [0, 0.1) is 17.5 Å². The van der Waals surface area contributed by atoms with Gasteiger partial charge in [-0.25, -0.2) is 21.6 Å². The minimum atomic E-state index is -4.02. The van der Waals surface area contributed by atoms with Gasteiger partial charge in [-0.15, -0.1) is 0 Å². The van der Waals surface area contributed by atoms with Crippen molar-refractivity contribution >= 4 is 15.5 Å². The molecule has 0 aromatic heterocycles. The van der Waals surface area contributed by atoms with Crippen LogP contribution in [0.15, 0.2) is 41.3 Å². The highest BCUT2D eigenvalue weighted by atomic mass is 32.2. The molecule has 0 bridgehead atoms. The van der Waals surface area contributed by atoms with Gasteiger partial charge in [0.15, 0.2) is 21.5 Å². The van der Waals surface area contributed by atoms with Gasteiger partial charge in [-0.3, -0.25) is 0 Å². The zero-order valence-corrected chi connectivity index (χ0v) is 10.9. The van der Waals surface area contributed by atoms with Crippen molar-refractivity contribution in [3.63, 3.8) is 0 Å². The second-order valence-electron chi connectivity index (χ2n) is 4.14. The first kappa shape index (κ1) is 14.4. The van der Waals surface area contributed by atoms with E-state index in [-0.39, 0.29) is 11.3 Å². The Bertz CT molecular complexity index is 740. The van der Waals surface area contributed by atoms with E-state index in [1.54, 1.807) is 0 Å². The second kappa shape index (κ2) is 5.16. The van der Waals surface area contributed by atoms with Crippen LogP contribution in [-0.2, 0) is 15.6 Å². The van der Waals surface area contributed by atoms with Gasteiger partial charge in [0.05, 0.1) is 10.6 Å². The smallest absolute Gasteiger partial charge is 0.182 e. The largest absolute Gasteiger partial charge is 0.398 e. The highest BCUT2D eigenvalue weighted by Crippen LogP contribution is 2.23. The highest BCUT2D eigenvalue weighted by molar-refractivity contribution is 7.90. The summed E-state index contributed by atoms with van der Waals surface area (Å²) in [5, 5.41) is 0. The van der Waals surface area contributed by atoms with Crippen molar-refractivity contribution in [2.75, 3.05) is 5.73 Å². The quantitative estimate of drug-likeness (QED) is 0.700. The second-order valence-corrected chi connectivity index (χ2v) is 6.13. The molecule has 7 heteroatoms. The third-order valence-corrected chi connectivity index (χ3v) is 4.38.